The molecular weight excluding hydrogens is 294 g/mol. The predicted octanol–water partition coefficient (Wildman–Crippen LogP) is 0.684. The molecule has 0 unspecified atom stereocenters. The van der Waals surface area contributed by atoms with E-state index >= 15 is 0 Å². The van der Waals surface area contributed by atoms with Crippen LogP contribution in [0.5, 0.6) is 0 Å². The zero-order valence-corrected chi connectivity index (χ0v) is 13.6. The van der Waals surface area contributed by atoms with Gasteiger partial charge in [-0.2, -0.15) is 0 Å². The molecule has 5 N–H and O–H groups in total. The van der Waals surface area contributed by atoms with E-state index < -0.39 is 12.2 Å². The molecule has 2 aromatic rings. The number of nitrogen functional groups attached to an aromatic ring is 1. The van der Waals surface area contributed by atoms with E-state index in [0.29, 0.717) is 17.9 Å². The number of nitrogens with one attached hydrogen (secondary N) is 1. The van der Waals surface area contributed by atoms with Gasteiger partial charge in [-0.05, 0) is 26.0 Å². The molecule has 0 saturated heterocycles. The normalized spacial score (nSPS) is 29.2. The number of rotatable bonds is 5. The van der Waals surface area contributed by atoms with Crippen molar-refractivity contribution in [1.29, 1.82) is 0 Å². The molecule has 23 heavy (non-hydrogen) atoms. The van der Waals surface area contributed by atoms with Gasteiger partial charge in [-0.3, -0.25) is 0 Å². The molecule has 1 fully saturated rings. The molecule has 7 heteroatoms. The summed E-state index contributed by atoms with van der Waals surface area (Å²) in [5, 5.41) is 25.1. The monoisotopic (exact) mass is 319 g/mol. The Balaban J connectivity index is 1.92. The Kier molecular flexibility index (Phi) is 4.52. The fourth-order valence-electron chi connectivity index (χ4n) is 3.86. The van der Waals surface area contributed by atoms with Crippen molar-refractivity contribution in [2.45, 2.75) is 50.5 Å². The van der Waals surface area contributed by atoms with E-state index in [0.717, 1.165) is 18.2 Å². The van der Waals surface area contributed by atoms with Gasteiger partial charge in [-0.15, -0.1) is 0 Å². The summed E-state index contributed by atoms with van der Waals surface area (Å²) in [5.41, 5.74) is 6.58. The number of hydrogen-bond donors (Lipinski definition) is 4. The summed E-state index contributed by atoms with van der Waals surface area (Å²) in [4.78, 5) is 8.29. The zero-order chi connectivity index (χ0) is 16.6. The summed E-state index contributed by atoms with van der Waals surface area (Å²) >= 11 is 0. The van der Waals surface area contributed by atoms with Crippen LogP contribution in [0, 0.1) is 5.92 Å². The number of nitrogens with two attached hydrogens (primary N) is 1. The van der Waals surface area contributed by atoms with Crippen LogP contribution in [0.25, 0.3) is 11.0 Å². The van der Waals surface area contributed by atoms with Crippen LogP contribution in [0.15, 0.2) is 18.6 Å². The van der Waals surface area contributed by atoms with Gasteiger partial charge in [-0.1, -0.05) is 13.3 Å². The quantitative estimate of drug-likeness (QED) is 0.645. The average Bonchev–Trinajstić information content (AvgIpc) is 3.09. The summed E-state index contributed by atoms with van der Waals surface area (Å²) in [6, 6.07) is 1.84. The lowest BCUT2D eigenvalue weighted by molar-refractivity contribution is -0.000223. The Morgan fingerprint density at radius 3 is 2.87 bits per heavy atom. The lowest BCUT2D eigenvalue weighted by atomic mass is 9.92. The highest BCUT2D eigenvalue weighted by Crippen LogP contribution is 2.39. The molecule has 1 aliphatic carbocycles. The van der Waals surface area contributed by atoms with Crippen molar-refractivity contribution in [3.05, 3.63) is 18.6 Å². The fourth-order valence-corrected chi connectivity index (χ4v) is 3.86. The average molecular weight is 319 g/mol. The molecule has 0 aliphatic heterocycles. The first-order valence-corrected chi connectivity index (χ1v) is 8.18. The van der Waals surface area contributed by atoms with Crippen LogP contribution in [0.1, 0.15) is 32.2 Å². The molecule has 0 amide bonds. The van der Waals surface area contributed by atoms with Gasteiger partial charge in [0.15, 0.2) is 0 Å². The zero-order valence-electron chi connectivity index (χ0n) is 13.6. The number of hydrogen-bond acceptors (Lipinski definition) is 6. The van der Waals surface area contributed by atoms with Crippen molar-refractivity contribution < 1.29 is 10.2 Å². The highest BCUT2D eigenvalue weighted by molar-refractivity contribution is 5.86. The summed E-state index contributed by atoms with van der Waals surface area (Å²) < 4.78 is 1.92. The third kappa shape index (κ3) is 2.69. The van der Waals surface area contributed by atoms with Crippen LogP contribution in [-0.4, -0.2) is 50.0 Å². The van der Waals surface area contributed by atoms with Crippen LogP contribution in [0.3, 0.4) is 0 Å². The van der Waals surface area contributed by atoms with Crippen LogP contribution >= 0.6 is 0 Å². The van der Waals surface area contributed by atoms with E-state index in [1.165, 1.54) is 6.33 Å². The minimum atomic E-state index is -0.820. The van der Waals surface area contributed by atoms with E-state index in [1.54, 1.807) is 0 Å². The highest BCUT2D eigenvalue weighted by atomic mass is 16.3. The maximum absolute atomic E-state index is 10.6. The second-order valence-electron chi connectivity index (χ2n) is 6.35. The lowest BCUT2D eigenvalue weighted by Crippen LogP contribution is -2.40. The van der Waals surface area contributed by atoms with Gasteiger partial charge >= 0.3 is 0 Å². The summed E-state index contributed by atoms with van der Waals surface area (Å²) in [6.07, 6.45) is 4.43. The molecule has 7 nitrogen and oxygen atoms in total. The molecule has 0 radical (unpaired) electrons. The standard InChI is InChI=1S/C16H25N5O2/c1-3-4-11(18-2)10-7-12(14(23)13(10)22)21-6-5-9-15(17)19-8-20-16(9)21/h5-6,8,10-14,18,22-23H,3-4,7H2,1-2H3,(H2,17,19,20)/t10-,11-,12-,13-,14+/m1/s1. The molecule has 126 valence electrons. The first-order valence-electron chi connectivity index (χ1n) is 8.18. The smallest absolute Gasteiger partial charge is 0.145 e. The van der Waals surface area contributed by atoms with Crippen LogP contribution in [0.4, 0.5) is 5.82 Å². The molecule has 0 aromatic carbocycles. The minimum Gasteiger partial charge on any atom is -0.390 e. The summed E-state index contributed by atoms with van der Waals surface area (Å²) in [5.74, 6) is 0.439. The van der Waals surface area contributed by atoms with Crippen LogP contribution < -0.4 is 11.1 Å². The van der Waals surface area contributed by atoms with Gasteiger partial charge < -0.3 is 25.8 Å². The first-order chi connectivity index (χ1) is 11.1. The lowest BCUT2D eigenvalue weighted by Gasteiger charge is -2.25. The van der Waals surface area contributed by atoms with Crippen molar-refractivity contribution in [3.63, 3.8) is 0 Å². The van der Waals surface area contributed by atoms with Gasteiger partial charge in [0.05, 0.1) is 17.5 Å². The summed E-state index contributed by atoms with van der Waals surface area (Å²) in [6.45, 7) is 2.12. The Morgan fingerprint density at radius 1 is 1.39 bits per heavy atom. The van der Waals surface area contributed by atoms with Gasteiger partial charge in [0, 0.05) is 18.2 Å². The number of anilines is 1. The van der Waals surface area contributed by atoms with E-state index in [9.17, 15) is 10.2 Å². The van der Waals surface area contributed by atoms with Gasteiger partial charge in [0.1, 0.15) is 23.9 Å². The largest absolute Gasteiger partial charge is 0.390 e. The van der Waals surface area contributed by atoms with E-state index in [2.05, 4.69) is 22.2 Å². The Hall–Kier alpha value is -1.70. The second kappa shape index (κ2) is 6.43. The molecule has 2 aromatic heterocycles. The van der Waals surface area contributed by atoms with Gasteiger partial charge in [0.25, 0.3) is 0 Å². The molecule has 1 aliphatic rings. The van der Waals surface area contributed by atoms with Crippen molar-refractivity contribution >= 4 is 16.9 Å². The Labute approximate surface area is 135 Å². The number of aliphatic hydroxyl groups excluding tert-OH is 2. The predicted molar refractivity (Wildman–Crippen MR) is 88.9 cm³/mol. The molecule has 2 heterocycles. The number of nitrogens with zero attached hydrogens (tertiary/aromatic N) is 3. The maximum Gasteiger partial charge on any atom is 0.145 e. The van der Waals surface area contributed by atoms with Crippen molar-refractivity contribution in [2.24, 2.45) is 5.92 Å². The number of aromatic nitrogens is 3. The van der Waals surface area contributed by atoms with Crippen LogP contribution in [0.2, 0.25) is 0 Å². The minimum absolute atomic E-state index is 0.0107. The van der Waals surface area contributed by atoms with E-state index in [1.807, 2.05) is 23.9 Å². The summed E-state index contributed by atoms with van der Waals surface area (Å²) in [7, 11) is 1.91. The number of aliphatic hydroxyl groups is 2. The topological polar surface area (TPSA) is 109 Å². The van der Waals surface area contributed by atoms with E-state index in [-0.39, 0.29) is 18.0 Å². The molecule has 5 atom stereocenters. The SMILES string of the molecule is CCC[C@@H](NC)[C@H]1C[C@@H](n2ccc3c(N)ncnc32)[C@H](O)[C@@H]1O. The van der Waals surface area contributed by atoms with Crippen molar-refractivity contribution in [3.8, 4) is 0 Å². The van der Waals surface area contributed by atoms with Gasteiger partial charge in [0.2, 0.25) is 0 Å². The van der Waals surface area contributed by atoms with Crippen molar-refractivity contribution in [2.75, 3.05) is 12.8 Å². The van der Waals surface area contributed by atoms with Crippen LogP contribution in [-0.2, 0) is 0 Å². The van der Waals surface area contributed by atoms with E-state index in [4.69, 9.17) is 5.73 Å². The molecule has 1 saturated carbocycles. The maximum atomic E-state index is 10.6. The molecule has 3 rings (SSSR count). The molecule has 0 bridgehead atoms. The first kappa shape index (κ1) is 16.2. The third-order valence-electron chi connectivity index (χ3n) is 5.08. The Bertz CT molecular complexity index is 674. The second-order valence-corrected chi connectivity index (χ2v) is 6.35. The van der Waals surface area contributed by atoms with Gasteiger partial charge in [-0.25, -0.2) is 9.97 Å². The van der Waals surface area contributed by atoms with Crippen molar-refractivity contribution in [1.82, 2.24) is 19.9 Å². The Morgan fingerprint density at radius 2 is 2.17 bits per heavy atom. The molecule has 0 spiro atoms. The number of fused-ring (bicyclic) bond motifs is 1. The highest BCUT2D eigenvalue weighted by Gasteiger charge is 2.45. The fraction of sp³-hybridized carbons (Fsp3) is 0.625. The molecular formula is C16H25N5O2. The third-order valence-corrected chi connectivity index (χ3v) is 5.08.